The van der Waals surface area contributed by atoms with E-state index in [4.69, 9.17) is 16.3 Å². The molecule has 5 nitrogen and oxygen atoms in total. The summed E-state index contributed by atoms with van der Waals surface area (Å²) in [7, 11) is 0. The lowest BCUT2D eigenvalue weighted by atomic mass is 10.0. The van der Waals surface area contributed by atoms with Gasteiger partial charge < -0.3 is 15.4 Å². The van der Waals surface area contributed by atoms with Crippen LogP contribution in [0.1, 0.15) is 38.8 Å². The third-order valence-corrected chi connectivity index (χ3v) is 5.49. The van der Waals surface area contributed by atoms with Crippen LogP contribution in [0.15, 0.2) is 24.3 Å². The van der Waals surface area contributed by atoms with E-state index in [9.17, 15) is 4.79 Å². The van der Waals surface area contributed by atoms with Crippen molar-refractivity contribution in [2.75, 3.05) is 19.7 Å². The number of hydrogen-bond donors (Lipinski definition) is 2. The molecule has 2 N–H and O–H groups in total. The van der Waals surface area contributed by atoms with Crippen LogP contribution in [-0.4, -0.2) is 48.8 Å². The number of carbonyl (C=O) groups excluding carboxylic acids is 1. The summed E-state index contributed by atoms with van der Waals surface area (Å²) in [5.41, 5.74) is 1.04. The fraction of sp³-hybridized carbons (Fsp3) is 0.632. The smallest absolute Gasteiger partial charge is 0.315 e. The summed E-state index contributed by atoms with van der Waals surface area (Å²) in [6.07, 6.45) is 1.25. The van der Waals surface area contributed by atoms with E-state index in [0.717, 1.165) is 31.7 Å². The Bertz CT molecular complexity index is 593. The molecule has 2 fully saturated rings. The zero-order valence-electron chi connectivity index (χ0n) is 15.2. The normalized spacial score (nSPS) is 27.8. The number of benzene rings is 1. The molecular weight excluding hydrogens is 338 g/mol. The predicted octanol–water partition coefficient (Wildman–Crippen LogP) is 3.20. The molecule has 25 heavy (non-hydrogen) atoms. The number of morpholine rings is 1. The summed E-state index contributed by atoms with van der Waals surface area (Å²) in [6.45, 7) is 9.00. The largest absolute Gasteiger partial charge is 0.375 e. The van der Waals surface area contributed by atoms with Crippen molar-refractivity contribution in [1.29, 1.82) is 0 Å². The van der Waals surface area contributed by atoms with E-state index in [-0.39, 0.29) is 18.1 Å². The molecule has 138 valence electrons. The van der Waals surface area contributed by atoms with E-state index < -0.39 is 0 Å². The number of nitrogens with one attached hydrogen (secondary N) is 2. The highest BCUT2D eigenvalue weighted by atomic mass is 35.5. The van der Waals surface area contributed by atoms with Gasteiger partial charge in [-0.15, -0.1) is 0 Å². The van der Waals surface area contributed by atoms with E-state index in [2.05, 4.69) is 29.4 Å². The maximum absolute atomic E-state index is 12.3. The first-order valence-electron chi connectivity index (χ1n) is 9.10. The minimum atomic E-state index is -0.117. The van der Waals surface area contributed by atoms with E-state index in [1.54, 1.807) is 0 Å². The number of nitrogens with zero attached hydrogens (tertiary/aromatic N) is 1. The number of fused-ring (bicyclic) bond motifs is 1. The molecule has 0 bridgehead atoms. The maximum atomic E-state index is 12.3. The Morgan fingerprint density at radius 3 is 2.64 bits per heavy atom. The highest BCUT2D eigenvalue weighted by Gasteiger charge is 2.38. The minimum Gasteiger partial charge on any atom is -0.375 e. The van der Waals surface area contributed by atoms with Crippen LogP contribution in [0.4, 0.5) is 4.79 Å². The van der Waals surface area contributed by atoms with E-state index in [1.807, 2.05) is 31.2 Å². The van der Waals surface area contributed by atoms with Gasteiger partial charge in [0.15, 0.2) is 0 Å². The Kier molecular flexibility index (Phi) is 5.87. The van der Waals surface area contributed by atoms with Crippen LogP contribution in [0.25, 0.3) is 0 Å². The second-order valence-electron chi connectivity index (χ2n) is 7.55. The Balaban J connectivity index is 1.48. The number of hydrogen-bond acceptors (Lipinski definition) is 3. The van der Waals surface area contributed by atoms with Crippen LogP contribution in [0.2, 0.25) is 5.02 Å². The second kappa shape index (κ2) is 7.94. The summed E-state index contributed by atoms with van der Waals surface area (Å²) in [5.74, 6) is 0.525. The van der Waals surface area contributed by atoms with Crippen LogP contribution < -0.4 is 10.6 Å². The SMILES string of the molecule is CC(C)[C@H]1CN2C[C@H](NC(=O)N[C@@H](C)c3ccc(Cl)cc3)C[C@H]2CO1. The maximum Gasteiger partial charge on any atom is 0.315 e. The molecule has 1 aromatic rings. The first kappa shape index (κ1) is 18.5. The fourth-order valence-electron chi connectivity index (χ4n) is 3.67. The average molecular weight is 366 g/mol. The summed E-state index contributed by atoms with van der Waals surface area (Å²) in [6, 6.07) is 7.98. The van der Waals surface area contributed by atoms with Gasteiger partial charge in [0.1, 0.15) is 0 Å². The molecule has 0 radical (unpaired) electrons. The lowest BCUT2D eigenvalue weighted by molar-refractivity contribution is -0.0683. The number of urea groups is 1. The molecule has 0 unspecified atom stereocenters. The molecule has 2 heterocycles. The Morgan fingerprint density at radius 2 is 1.96 bits per heavy atom. The molecule has 0 aliphatic carbocycles. The van der Waals surface area contributed by atoms with Gasteiger partial charge in [-0.2, -0.15) is 0 Å². The number of rotatable bonds is 4. The highest BCUT2D eigenvalue weighted by molar-refractivity contribution is 6.30. The van der Waals surface area contributed by atoms with Crippen molar-refractivity contribution in [3.8, 4) is 0 Å². The highest BCUT2D eigenvalue weighted by Crippen LogP contribution is 2.26. The minimum absolute atomic E-state index is 0.0603. The second-order valence-corrected chi connectivity index (χ2v) is 7.98. The zero-order chi connectivity index (χ0) is 18.0. The van der Waals surface area contributed by atoms with Gasteiger partial charge in [0, 0.05) is 30.2 Å². The van der Waals surface area contributed by atoms with Gasteiger partial charge in [0.2, 0.25) is 0 Å². The van der Waals surface area contributed by atoms with Gasteiger partial charge in [-0.1, -0.05) is 37.6 Å². The van der Waals surface area contributed by atoms with E-state index in [1.165, 1.54) is 0 Å². The third kappa shape index (κ3) is 4.66. The van der Waals surface area contributed by atoms with Crippen molar-refractivity contribution in [2.24, 2.45) is 5.92 Å². The van der Waals surface area contributed by atoms with Crippen molar-refractivity contribution in [1.82, 2.24) is 15.5 Å². The number of halogens is 1. The van der Waals surface area contributed by atoms with E-state index in [0.29, 0.717) is 23.1 Å². The molecule has 0 aromatic heterocycles. The molecule has 2 saturated heterocycles. The quantitative estimate of drug-likeness (QED) is 0.861. The van der Waals surface area contributed by atoms with Gasteiger partial charge in [-0.3, -0.25) is 4.90 Å². The van der Waals surface area contributed by atoms with Gasteiger partial charge in [-0.05, 0) is 37.0 Å². The first-order chi connectivity index (χ1) is 11.9. The number of ether oxygens (including phenoxy) is 1. The number of amides is 2. The van der Waals surface area contributed by atoms with Crippen molar-refractivity contribution >= 4 is 17.6 Å². The van der Waals surface area contributed by atoms with Crippen molar-refractivity contribution in [3.63, 3.8) is 0 Å². The first-order valence-corrected chi connectivity index (χ1v) is 9.48. The third-order valence-electron chi connectivity index (χ3n) is 5.24. The Labute approximate surface area is 155 Å². The fourth-order valence-corrected chi connectivity index (χ4v) is 3.79. The van der Waals surface area contributed by atoms with Crippen molar-refractivity contribution in [3.05, 3.63) is 34.9 Å². The number of carbonyl (C=O) groups is 1. The zero-order valence-corrected chi connectivity index (χ0v) is 15.9. The van der Waals surface area contributed by atoms with Crippen LogP contribution >= 0.6 is 11.6 Å². The average Bonchev–Trinajstić information content (AvgIpc) is 2.96. The molecule has 0 saturated carbocycles. The molecule has 6 heteroatoms. The van der Waals surface area contributed by atoms with Gasteiger partial charge >= 0.3 is 6.03 Å². The molecule has 2 amide bonds. The molecular formula is C19H28ClN3O2. The lowest BCUT2D eigenvalue weighted by Gasteiger charge is -2.36. The van der Waals surface area contributed by atoms with Crippen LogP contribution in [0, 0.1) is 5.92 Å². The summed E-state index contributed by atoms with van der Waals surface area (Å²) in [4.78, 5) is 14.8. The van der Waals surface area contributed by atoms with Crippen LogP contribution in [0.3, 0.4) is 0 Å². The van der Waals surface area contributed by atoms with Crippen molar-refractivity contribution in [2.45, 2.75) is 51.4 Å². The molecule has 2 aliphatic rings. The monoisotopic (exact) mass is 365 g/mol. The van der Waals surface area contributed by atoms with Gasteiger partial charge in [0.25, 0.3) is 0 Å². The van der Waals surface area contributed by atoms with Crippen LogP contribution in [0.5, 0.6) is 0 Å². The van der Waals surface area contributed by atoms with E-state index >= 15 is 0 Å². The summed E-state index contributed by atoms with van der Waals surface area (Å²) < 4.78 is 5.96. The topological polar surface area (TPSA) is 53.6 Å². The predicted molar refractivity (Wildman–Crippen MR) is 99.9 cm³/mol. The molecule has 4 atom stereocenters. The summed E-state index contributed by atoms with van der Waals surface area (Å²) >= 11 is 5.91. The summed E-state index contributed by atoms with van der Waals surface area (Å²) in [5, 5.41) is 6.82. The van der Waals surface area contributed by atoms with Crippen molar-refractivity contribution < 1.29 is 9.53 Å². The molecule has 3 rings (SSSR count). The molecule has 2 aliphatic heterocycles. The van der Waals surface area contributed by atoms with Gasteiger partial charge in [-0.25, -0.2) is 4.79 Å². The van der Waals surface area contributed by atoms with Gasteiger partial charge in [0.05, 0.1) is 18.8 Å². The lowest BCUT2D eigenvalue weighted by Crippen LogP contribution is -2.48. The molecule has 0 spiro atoms. The molecule has 1 aromatic carbocycles. The standard InChI is InChI=1S/C19H28ClN3O2/c1-12(2)18-10-23-9-16(8-17(23)11-25-18)22-19(24)21-13(3)14-4-6-15(20)7-5-14/h4-7,12-13,16-18H,8-11H2,1-3H3,(H2,21,22,24)/t13-,16+,17-,18+/m0/s1. The Hall–Kier alpha value is -1.30. The van der Waals surface area contributed by atoms with Crippen LogP contribution in [-0.2, 0) is 4.74 Å². The Morgan fingerprint density at radius 1 is 1.24 bits per heavy atom.